The van der Waals surface area contributed by atoms with E-state index in [1.165, 1.54) is 11.3 Å². The number of hydrogen-bond donors (Lipinski definition) is 2. The standard InChI is InChI=1S/C17H21ClN6O2S/c1-11(15(25)20-16-22-21-12(2)27-16)19-17(26)24-8-6-23(7-9-24)14-5-3-4-13(18)10-14/h3-5,10-11H,6-9H2,1-2H3,(H,19,26)(H,20,22,25)/t11-/m0/s1. The van der Waals surface area contributed by atoms with Crippen LogP contribution >= 0.6 is 22.9 Å². The van der Waals surface area contributed by atoms with Crippen LogP contribution in [0.3, 0.4) is 0 Å². The van der Waals surface area contributed by atoms with E-state index in [1.54, 1.807) is 11.8 Å². The van der Waals surface area contributed by atoms with Crippen molar-refractivity contribution in [3.05, 3.63) is 34.3 Å². The number of nitrogens with one attached hydrogen (secondary N) is 2. The molecule has 2 heterocycles. The first kappa shape index (κ1) is 19.4. The molecule has 1 aliphatic rings. The van der Waals surface area contributed by atoms with E-state index in [4.69, 9.17) is 11.6 Å². The molecule has 0 aliphatic carbocycles. The van der Waals surface area contributed by atoms with Crippen molar-refractivity contribution in [1.29, 1.82) is 0 Å². The Morgan fingerprint density at radius 2 is 1.96 bits per heavy atom. The van der Waals surface area contributed by atoms with Crippen molar-refractivity contribution in [3.63, 3.8) is 0 Å². The van der Waals surface area contributed by atoms with E-state index in [-0.39, 0.29) is 11.9 Å². The number of nitrogens with zero attached hydrogens (tertiary/aromatic N) is 4. The summed E-state index contributed by atoms with van der Waals surface area (Å²) < 4.78 is 0. The minimum atomic E-state index is -0.673. The van der Waals surface area contributed by atoms with Crippen LogP contribution in [0.15, 0.2) is 24.3 Å². The fourth-order valence-electron chi connectivity index (χ4n) is 2.74. The monoisotopic (exact) mass is 408 g/mol. The quantitative estimate of drug-likeness (QED) is 0.810. The number of aromatic nitrogens is 2. The molecule has 0 saturated carbocycles. The molecule has 8 nitrogen and oxygen atoms in total. The second-order valence-corrected chi connectivity index (χ2v) is 7.86. The molecule has 1 aliphatic heterocycles. The fraction of sp³-hybridized carbons (Fsp3) is 0.412. The van der Waals surface area contributed by atoms with E-state index in [2.05, 4.69) is 25.7 Å². The van der Waals surface area contributed by atoms with Gasteiger partial charge in [0, 0.05) is 36.9 Å². The van der Waals surface area contributed by atoms with Gasteiger partial charge in [-0.05, 0) is 32.0 Å². The summed E-state index contributed by atoms with van der Waals surface area (Å²) in [7, 11) is 0. The van der Waals surface area contributed by atoms with E-state index in [0.717, 1.165) is 10.7 Å². The van der Waals surface area contributed by atoms with Crippen LogP contribution in [0.1, 0.15) is 11.9 Å². The van der Waals surface area contributed by atoms with Gasteiger partial charge in [-0.1, -0.05) is 29.0 Å². The van der Waals surface area contributed by atoms with Gasteiger partial charge in [-0.15, -0.1) is 10.2 Å². The Morgan fingerprint density at radius 1 is 1.22 bits per heavy atom. The molecule has 27 heavy (non-hydrogen) atoms. The van der Waals surface area contributed by atoms with E-state index in [9.17, 15) is 9.59 Å². The third-order valence-electron chi connectivity index (χ3n) is 4.23. The number of carbonyl (C=O) groups excluding carboxylic acids is 2. The van der Waals surface area contributed by atoms with Gasteiger partial charge in [-0.3, -0.25) is 10.1 Å². The molecule has 1 atom stereocenters. The summed E-state index contributed by atoms with van der Waals surface area (Å²) in [5, 5.41) is 15.0. The molecule has 10 heteroatoms. The number of piperazine rings is 1. The topological polar surface area (TPSA) is 90.5 Å². The van der Waals surface area contributed by atoms with Crippen LogP contribution in [0.2, 0.25) is 5.02 Å². The van der Waals surface area contributed by atoms with Gasteiger partial charge in [0.1, 0.15) is 11.0 Å². The van der Waals surface area contributed by atoms with Gasteiger partial charge in [-0.2, -0.15) is 0 Å². The zero-order valence-corrected chi connectivity index (χ0v) is 16.7. The maximum atomic E-state index is 12.4. The van der Waals surface area contributed by atoms with Gasteiger partial charge in [0.2, 0.25) is 11.0 Å². The molecular formula is C17H21ClN6O2S. The van der Waals surface area contributed by atoms with Gasteiger partial charge in [0.25, 0.3) is 0 Å². The van der Waals surface area contributed by atoms with Crippen molar-refractivity contribution in [2.24, 2.45) is 0 Å². The van der Waals surface area contributed by atoms with Gasteiger partial charge < -0.3 is 15.1 Å². The lowest BCUT2D eigenvalue weighted by atomic mass is 10.2. The Hall–Kier alpha value is -2.39. The summed E-state index contributed by atoms with van der Waals surface area (Å²) >= 11 is 7.33. The van der Waals surface area contributed by atoms with Crippen molar-refractivity contribution in [3.8, 4) is 0 Å². The number of benzene rings is 1. The van der Waals surface area contributed by atoms with E-state index >= 15 is 0 Å². The number of amides is 3. The van der Waals surface area contributed by atoms with Crippen LogP contribution in [0.4, 0.5) is 15.6 Å². The predicted molar refractivity (Wildman–Crippen MR) is 107 cm³/mol. The number of aryl methyl sites for hydroxylation is 1. The SMILES string of the molecule is Cc1nnc(NC(=O)[C@H](C)NC(=O)N2CCN(c3cccc(Cl)c3)CC2)s1. The smallest absolute Gasteiger partial charge is 0.318 e. The van der Waals surface area contributed by atoms with Crippen LogP contribution in [0, 0.1) is 6.92 Å². The Labute approximate surface area is 166 Å². The molecule has 3 rings (SSSR count). The number of halogens is 1. The molecule has 2 aromatic rings. The van der Waals surface area contributed by atoms with E-state index in [0.29, 0.717) is 36.3 Å². The van der Waals surface area contributed by atoms with Crippen LogP contribution < -0.4 is 15.5 Å². The van der Waals surface area contributed by atoms with Crippen LogP contribution in [-0.4, -0.2) is 59.3 Å². The molecule has 0 bridgehead atoms. The second kappa shape index (κ2) is 8.53. The van der Waals surface area contributed by atoms with Gasteiger partial charge in [0.05, 0.1) is 0 Å². The molecule has 1 saturated heterocycles. The average molecular weight is 409 g/mol. The number of rotatable bonds is 4. The summed E-state index contributed by atoms with van der Waals surface area (Å²) in [5.41, 5.74) is 1.04. The van der Waals surface area contributed by atoms with Crippen molar-refractivity contribution in [2.45, 2.75) is 19.9 Å². The summed E-state index contributed by atoms with van der Waals surface area (Å²) in [6.45, 7) is 6.01. The minimum Gasteiger partial charge on any atom is -0.368 e. The average Bonchev–Trinajstić information content (AvgIpc) is 3.06. The first-order valence-electron chi connectivity index (χ1n) is 8.59. The Bertz CT molecular complexity index is 821. The lowest BCUT2D eigenvalue weighted by Gasteiger charge is -2.36. The molecule has 3 amide bonds. The summed E-state index contributed by atoms with van der Waals surface area (Å²) in [5.74, 6) is -0.322. The number of hydrogen-bond acceptors (Lipinski definition) is 6. The zero-order valence-electron chi connectivity index (χ0n) is 15.1. The number of carbonyl (C=O) groups is 2. The normalized spacial score (nSPS) is 15.4. The molecule has 1 fully saturated rings. The van der Waals surface area contributed by atoms with Gasteiger partial charge in [0.15, 0.2) is 0 Å². The predicted octanol–water partition coefficient (Wildman–Crippen LogP) is 2.36. The first-order chi connectivity index (χ1) is 12.9. The van der Waals surface area contributed by atoms with Crippen molar-refractivity contribution in [1.82, 2.24) is 20.4 Å². The van der Waals surface area contributed by atoms with E-state index in [1.807, 2.05) is 31.2 Å². The third-order valence-corrected chi connectivity index (χ3v) is 5.22. The highest BCUT2D eigenvalue weighted by Crippen LogP contribution is 2.20. The minimum absolute atomic E-state index is 0.253. The zero-order chi connectivity index (χ0) is 19.4. The summed E-state index contributed by atoms with van der Waals surface area (Å²) in [6.07, 6.45) is 0. The molecule has 2 N–H and O–H groups in total. The Kier molecular flexibility index (Phi) is 6.12. The van der Waals surface area contributed by atoms with Crippen LogP contribution in [0.5, 0.6) is 0 Å². The Morgan fingerprint density at radius 3 is 2.59 bits per heavy atom. The maximum absolute atomic E-state index is 12.4. The highest BCUT2D eigenvalue weighted by Gasteiger charge is 2.24. The molecule has 1 aromatic heterocycles. The van der Waals surface area contributed by atoms with Gasteiger partial charge >= 0.3 is 6.03 Å². The maximum Gasteiger partial charge on any atom is 0.318 e. The van der Waals surface area contributed by atoms with Gasteiger partial charge in [-0.25, -0.2) is 4.79 Å². The Balaban J connectivity index is 1.48. The molecule has 0 spiro atoms. The van der Waals surface area contributed by atoms with Crippen molar-refractivity contribution >= 4 is 45.7 Å². The summed E-state index contributed by atoms with van der Waals surface area (Å²) in [4.78, 5) is 28.5. The fourth-order valence-corrected chi connectivity index (χ4v) is 3.52. The molecule has 0 radical (unpaired) electrons. The molecule has 1 aromatic carbocycles. The van der Waals surface area contributed by atoms with Crippen molar-refractivity contribution < 1.29 is 9.59 Å². The molecule has 0 unspecified atom stereocenters. The third kappa shape index (κ3) is 5.08. The number of anilines is 2. The second-order valence-electron chi connectivity index (χ2n) is 6.24. The highest BCUT2D eigenvalue weighted by atomic mass is 35.5. The van der Waals surface area contributed by atoms with E-state index < -0.39 is 6.04 Å². The lowest BCUT2D eigenvalue weighted by molar-refractivity contribution is -0.117. The first-order valence-corrected chi connectivity index (χ1v) is 9.79. The molecule has 144 valence electrons. The van der Waals surface area contributed by atoms with Crippen LogP contribution in [-0.2, 0) is 4.79 Å². The number of urea groups is 1. The largest absolute Gasteiger partial charge is 0.368 e. The van der Waals surface area contributed by atoms with Crippen molar-refractivity contribution in [2.75, 3.05) is 36.4 Å². The molecular weight excluding hydrogens is 388 g/mol. The van der Waals surface area contributed by atoms with Crippen LogP contribution in [0.25, 0.3) is 0 Å². The summed E-state index contributed by atoms with van der Waals surface area (Å²) in [6, 6.07) is 6.74. The highest BCUT2D eigenvalue weighted by molar-refractivity contribution is 7.15. The lowest BCUT2D eigenvalue weighted by Crippen LogP contribution is -2.54.